The van der Waals surface area contributed by atoms with Crippen LogP contribution in [0.25, 0.3) is 11.0 Å². The molecular formula is C16H18N4O3. The molecule has 7 nitrogen and oxygen atoms in total. The zero-order valence-electron chi connectivity index (χ0n) is 12.9. The maximum atomic E-state index is 12.4. The van der Waals surface area contributed by atoms with Crippen molar-refractivity contribution in [3.63, 3.8) is 0 Å². The summed E-state index contributed by atoms with van der Waals surface area (Å²) in [6.45, 7) is 6.01. The van der Waals surface area contributed by atoms with Crippen LogP contribution in [0.2, 0.25) is 0 Å². The lowest BCUT2D eigenvalue weighted by atomic mass is 10.1. The van der Waals surface area contributed by atoms with Crippen LogP contribution in [0.3, 0.4) is 0 Å². The van der Waals surface area contributed by atoms with Crippen LogP contribution < -0.4 is 16.6 Å². The molecule has 23 heavy (non-hydrogen) atoms. The zero-order chi connectivity index (χ0) is 16.6. The summed E-state index contributed by atoms with van der Waals surface area (Å²) in [4.78, 5) is 43.4. The summed E-state index contributed by atoms with van der Waals surface area (Å²) in [5.41, 5.74) is 0.182. The lowest BCUT2D eigenvalue weighted by Crippen LogP contribution is -2.33. The third-order valence-electron chi connectivity index (χ3n) is 3.93. The van der Waals surface area contributed by atoms with Crippen LogP contribution >= 0.6 is 0 Å². The Kier molecular flexibility index (Phi) is 3.85. The first kappa shape index (κ1) is 15.2. The molecule has 0 aliphatic heterocycles. The highest BCUT2D eigenvalue weighted by molar-refractivity contribution is 6.05. The molecule has 0 saturated heterocycles. The summed E-state index contributed by atoms with van der Waals surface area (Å²) in [7, 11) is 0. The highest BCUT2D eigenvalue weighted by Crippen LogP contribution is 2.39. The number of nitrogens with one attached hydrogen (secondary N) is 2. The van der Waals surface area contributed by atoms with Crippen molar-refractivity contribution in [1.29, 1.82) is 0 Å². The third-order valence-corrected chi connectivity index (χ3v) is 3.93. The van der Waals surface area contributed by atoms with Crippen molar-refractivity contribution in [2.45, 2.75) is 32.2 Å². The second-order valence-electron chi connectivity index (χ2n) is 5.57. The van der Waals surface area contributed by atoms with E-state index in [2.05, 4.69) is 21.9 Å². The number of H-pyrrole nitrogens is 1. The number of fused-ring (bicyclic) bond motifs is 1. The van der Waals surface area contributed by atoms with Gasteiger partial charge in [-0.25, -0.2) is 9.78 Å². The minimum absolute atomic E-state index is 0.150. The molecule has 7 heteroatoms. The van der Waals surface area contributed by atoms with Gasteiger partial charge in [0.05, 0.1) is 10.9 Å². The average Bonchev–Trinajstić information content (AvgIpc) is 3.36. The molecule has 1 aliphatic rings. The number of aryl methyl sites for hydroxylation is 1. The molecule has 120 valence electrons. The summed E-state index contributed by atoms with van der Waals surface area (Å²) in [6, 6.07) is 1.66. The smallest absolute Gasteiger partial charge is 0.329 e. The lowest BCUT2D eigenvalue weighted by molar-refractivity contribution is 0.0959. The molecule has 1 amide bonds. The number of hydrogen-bond acceptors (Lipinski definition) is 4. The molecule has 2 aromatic heterocycles. The van der Waals surface area contributed by atoms with E-state index < -0.39 is 11.2 Å². The van der Waals surface area contributed by atoms with Crippen molar-refractivity contribution in [2.24, 2.45) is 0 Å². The highest BCUT2D eigenvalue weighted by atomic mass is 16.2. The molecule has 1 aliphatic carbocycles. The van der Waals surface area contributed by atoms with Gasteiger partial charge in [-0.3, -0.25) is 19.1 Å². The first-order valence-electron chi connectivity index (χ1n) is 7.63. The largest absolute Gasteiger partial charge is 0.349 e. The zero-order valence-corrected chi connectivity index (χ0v) is 12.9. The Bertz CT molecular complexity index is 906. The molecule has 0 unspecified atom stereocenters. The van der Waals surface area contributed by atoms with Gasteiger partial charge in [0, 0.05) is 24.7 Å². The SMILES string of the molecule is C=CCNC(=O)c1cc(C2CC2)nc2c1c(=O)[nH]c(=O)n2CC. The van der Waals surface area contributed by atoms with Crippen LogP contribution in [0.5, 0.6) is 0 Å². The van der Waals surface area contributed by atoms with Crippen molar-refractivity contribution >= 4 is 16.9 Å². The number of rotatable bonds is 5. The maximum Gasteiger partial charge on any atom is 0.329 e. The average molecular weight is 314 g/mol. The van der Waals surface area contributed by atoms with E-state index in [1.807, 2.05) is 0 Å². The van der Waals surface area contributed by atoms with Crippen LogP contribution in [0.4, 0.5) is 0 Å². The summed E-state index contributed by atoms with van der Waals surface area (Å²) in [5, 5.41) is 2.83. The second kappa shape index (κ2) is 5.83. The van der Waals surface area contributed by atoms with Crippen LogP contribution in [-0.4, -0.2) is 27.0 Å². The predicted molar refractivity (Wildman–Crippen MR) is 86.8 cm³/mol. The van der Waals surface area contributed by atoms with Gasteiger partial charge in [0.25, 0.3) is 11.5 Å². The van der Waals surface area contributed by atoms with E-state index >= 15 is 0 Å². The number of carbonyl (C=O) groups is 1. The fraction of sp³-hybridized carbons (Fsp3) is 0.375. The summed E-state index contributed by atoms with van der Waals surface area (Å²) >= 11 is 0. The van der Waals surface area contributed by atoms with Crippen molar-refractivity contribution < 1.29 is 4.79 Å². The van der Waals surface area contributed by atoms with Crippen molar-refractivity contribution in [1.82, 2.24) is 19.9 Å². The molecule has 2 aromatic rings. The van der Waals surface area contributed by atoms with Gasteiger partial charge in [-0.05, 0) is 25.8 Å². The molecule has 0 aromatic carbocycles. The van der Waals surface area contributed by atoms with E-state index in [9.17, 15) is 14.4 Å². The quantitative estimate of drug-likeness (QED) is 0.801. The number of nitrogens with zero attached hydrogens (tertiary/aromatic N) is 2. The van der Waals surface area contributed by atoms with Gasteiger partial charge >= 0.3 is 5.69 Å². The Labute approximate surface area is 132 Å². The van der Waals surface area contributed by atoms with E-state index in [4.69, 9.17) is 0 Å². The number of hydrogen-bond donors (Lipinski definition) is 2. The number of aromatic amines is 1. The van der Waals surface area contributed by atoms with Gasteiger partial charge in [0.15, 0.2) is 5.65 Å². The molecule has 1 saturated carbocycles. The summed E-state index contributed by atoms with van der Waals surface area (Å²) < 4.78 is 1.38. The monoisotopic (exact) mass is 314 g/mol. The predicted octanol–water partition coefficient (Wildman–Crippen LogP) is 0.898. The maximum absolute atomic E-state index is 12.4. The fourth-order valence-electron chi connectivity index (χ4n) is 2.61. The van der Waals surface area contributed by atoms with Gasteiger partial charge in [0.2, 0.25) is 0 Å². The van der Waals surface area contributed by atoms with Crippen molar-refractivity contribution in [2.75, 3.05) is 6.54 Å². The molecule has 0 bridgehead atoms. The molecular weight excluding hydrogens is 296 g/mol. The molecule has 2 heterocycles. The minimum Gasteiger partial charge on any atom is -0.349 e. The van der Waals surface area contributed by atoms with Crippen molar-refractivity contribution in [3.8, 4) is 0 Å². The summed E-state index contributed by atoms with van der Waals surface area (Å²) in [6.07, 6.45) is 3.58. The lowest BCUT2D eigenvalue weighted by Gasteiger charge is -2.12. The van der Waals surface area contributed by atoms with E-state index in [-0.39, 0.29) is 22.5 Å². The van der Waals surface area contributed by atoms with Gasteiger partial charge in [0.1, 0.15) is 0 Å². The number of pyridine rings is 1. The molecule has 3 rings (SSSR count). The Morgan fingerprint density at radius 3 is 2.87 bits per heavy atom. The Balaban J connectivity index is 2.32. The number of amides is 1. The third kappa shape index (κ3) is 2.69. The van der Waals surface area contributed by atoms with Gasteiger partial charge < -0.3 is 5.32 Å². The van der Waals surface area contributed by atoms with Crippen LogP contribution in [0.1, 0.15) is 41.7 Å². The molecule has 0 atom stereocenters. The molecule has 2 N–H and O–H groups in total. The highest BCUT2D eigenvalue weighted by Gasteiger charge is 2.28. The number of aromatic nitrogens is 3. The van der Waals surface area contributed by atoms with E-state index in [0.29, 0.717) is 19.0 Å². The van der Waals surface area contributed by atoms with Crippen LogP contribution in [-0.2, 0) is 6.54 Å². The first-order chi connectivity index (χ1) is 11.1. The van der Waals surface area contributed by atoms with E-state index in [1.54, 1.807) is 19.1 Å². The first-order valence-corrected chi connectivity index (χ1v) is 7.63. The topological polar surface area (TPSA) is 96.8 Å². The standard InChI is InChI=1S/C16H18N4O3/c1-3-7-17-14(21)10-8-11(9-5-6-9)18-13-12(10)15(22)19-16(23)20(13)4-2/h3,8-9H,1,4-7H2,2H3,(H,17,21)(H,19,22,23). The second-order valence-corrected chi connectivity index (χ2v) is 5.57. The van der Waals surface area contributed by atoms with Gasteiger partial charge in [-0.1, -0.05) is 6.08 Å². The summed E-state index contributed by atoms with van der Waals surface area (Å²) in [5.74, 6) is -0.0731. The molecule has 1 fully saturated rings. The fourth-order valence-corrected chi connectivity index (χ4v) is 2.61. The Hall–Kier alpha value is -2.70. The van der Waals surface area contributed by atoms with E-state index in [0.717, 1.165) is 18.5 Å². The Morgan fingerprint density at radius 2 is 2.26 bits per heavy atom. The van der Waals surface area contributed by atoms with Gasteiger partial charge in [-0.15, -0.1) is 6.58 Å². The number of carbonyl (C=O) groups excluding carboxylic acids is 1. The van der Waals surface area contributed by atoms with Gasteiger partial charge in [-0.2, -0.15) is 0 Å². The van der Waals surface area contributed by atoms with Crippen LogP contribution in [0, 0.1) is 0 Å². The van der Waals surface area contributed by atoms with E-state index in [1.165, 1.54) is 4.57 Å². The molecule has 0 spiro atoms. The minimum atomic E-state index is -0.590. The molecule has 0 radical (unpaired) electrons. The van der Waals surface area contributed by atoms with Crippen molar-refractivity contribution in [3.05, 3.63) is 50.8 Å². The Morgan fingerprint density at radius 1 is 1.52 bits per heavy atom. The normalized spacial score (nSPS) is 14.0. The van der Waals surface area contributed by atoms with Crippen LogP contribution in [0.15, 0.2) is 28.3 Å².